The van der Waals surface area contributed by atoms with Gasteiger partial charge in [-0.1, -0.05) is 29.8 Å². The van der Waals surface area contributed by atoms with E-state index in [2.05, 4.69) is 15.9 Å². The number of allylic oxidation sites excluding steroid dienone is 1. The van der Waals surface area contributed by atoms with Crippen molar-refractivity contribution in [3.05, 3.63) is 79.3 Å². The van der Waals surface area contributed by atoms with Crippen molar-refractivity contribution in [1.29, 1.82) is 5.26 Å². The summed E-state index contributed by atoms with van der Waals surface area (Å²) >= 11 is 3.09. The predicted octanol–water partition coefficient (Wildman–Crippen LogP) is 4.46. The van der Waals surface area contributed by atoms with Crippen LogP contribution in [0.25, 0.3) is 6.08 Å². The van der Waals surface area contributed by atoms with Gasteiger partial charge in [-0.3, -0.25) is 14.9 Å². The molecule has 0 heterocycles. The van der Waals surface area contributed by atoms with E-state index < -0.39 is 10.7 Å². The Morgan fingerprint density at radius 3 is 2.65 bits per heavy atom. The first kappa shape index (κ1) is 16.6. The van der Waals surface area contributed by atoms with Crippen molar-refractivity contribution >= 4 is 33.5 Å². The first-order valence-corrected chi connectivity index (χ1v) is 7.39. The lowest BCUT2D eigenvalue weighted by atomic mass is 10.0. The zero-order chi connectivity index (χ0) is 17.0. The average molecular weight is 371 g/mol. The molecule has 0 aliphatic heterocycles. The van der Waals surface area contributed by atoms with Crippen LogP contribution in [0.1, 0.15) is 21.5 Å². The van der Waals surface area contributed by atoms with Crippen molar-refractivity contribution in [2.75, 3.05) is 0 Å². The average Bonchev–Trinajstić information content (AvgIpc) is 2.53. The monoisotopic (exact) mass is 370 g/mol. The largest absolute Gasteiger partial charge is 0.288 e. The molecule has 23 heavy (non-hydrogen) atoms. The molecule has 2 aromatic carbocycles. The second-order valence-corrected chi connectivity index (χ2v) is 5.69. The second kappa shape index (κ2) is 6.99. The van der Waals surface area contributed by atoms with Gasteiger partial charge < -0.3 is 0 Å². The fourth-order valence-corrected chi connectivity index (χ4v) is 2.41. The lowest BCUT2D eigenvalue weighted by molar-refractivity contribution is -0.385. The molecule has 0 N–H and O–H groups in total. The molecule has 0 radical (unpaired) electrons. The Morgan fingerprint density at radius 1 is 1.30 bits per heavy atom. The summed E-state index contributed by atoms with van der Waals surface area (Å²) in [7, 11) is 0. The van der Waals surface area contributed by atoms with Crippen molar-refractivity contribution in [1.82, 2.24) is 0 Å². The van der Waals surface area contributed by atoms with E-state index in [0.717, 1.165) is 5.56 Å². The number of nitrogens with zero attached hydrogens (tertiary/aromatic N) is 2. The lowest BCUT2D eigenvalue weighted by Gasteiger charge is -2.02. The number of Topliss-reactive ketones (excluding diaryl/α,β-unsaturated/α-hetero) is 1. The van der Waals surface area contributed by atoms with Crippen LogP contribution in [0.5, 0.6) is 0 Å². The van der Waals surface area contributed by atoms with E-state index in [1.54, 1.807) is 24.3 Å². The number of rotatable bonds is 4. The maximum atomic E-state index is 12.4. The standard InChI is InChI=1S/C17H11BrN2O3/c1-11-3-2-4-13(7-11)17(21)14(10-19)8-12-5-6-15(18)16(9-12)20(22)23/h2-9H,1H3/b14-8+. The summed E-state index contributed by atoms with van der Waals surface area (Å²) in [6.45, 7) is 1.85. The second-order valence-electron chi connectivity index (χ2n) is 4.84. The molecule has 2 rings (SSSR count). The van der Waals surface area contributed by atoms with Gasteiger partial charge in [-0.25, -0.2) is 0 Å². The molecule has 0 aliphatic carbocycles. The van der Waals surface area contributed by atoms with Gasteiger partial charge >= 0.3 is 0 Å². The molecule has 0 spiro atoms. The van der Waals surface area contributed by atoms with Gasteiger partial charge in [0, 0.05) is 11.6 Å². The first-order chi connectivity index (χ1) is 10.9. The minimum absolute atomic E-state index is 0.0766. The molecular weight excluding hydrogens is 360 g/mol. The third kappa shape index (κ3) is 3.90. The van der Waals surface area contributed by atoms with E-state index in [1.165, 1.54) is 18.2 Å². The number of hydrogen-bond acceptors (Lipinski definition) is 4. The number of halogens is 1. The van der Waals surface area contributed by atoms with Gasteiger partial charge in [0.25, 0.3) is 5.69 Å². The molecular formula is C17H11BrN2O3. The summed E-state index contributed by atoms with van der Waals surface area (Å²) in [4.78, 5) is 22.8. The van der Waals surface area contributed by atoms with Gasteiger partial charge in [-0.05, 0) is 46.6 Å². The Morgan fingerprint density at radius 2 is 2.04 bits per heavy atom. The molecule has 0 atom stereocenters. The zero-order valence-corrected chi connectivity index (χ0v) is 13.7. The number of benzene rings is 2. The number of carbonyl (C=O) groups is 1. The third-order valence-electron chi connectivity index (χ3n) is 3.12. The minimum Gasteiger partial charge on any atom is -0.288 e. The van der Waals surface area contributed by atoms with Gasteiger partial charge in [0.05, 0.1) is 9.40 Å². The van der Waals surface area contributed by atoms with E-state index in [9.17, 15) is 20.2 Å². The van der Waals surface area contributed by atoms with Crippen LogP contribution < -0.4 is 0 Å². The number of hydrogen-bond donors (Lipinski definition) is 0. The van der Waals surface area contributed by atoms with Crippen molar-refractivity contribution in [2.45, 2.75) is 6.92 Å². The van der Waals surface area contributed by atoms with E-state index in [0.29, 0.717) is 15.6 Å². The zero-order valence-electron chi connectivity index (χ0n) is 12.1. The Bertz CT molecular complexity index is 866. The Labute approximate surface area is 141 Å². The molecule has 0 aromatic heterocycles. The van der Waals surface area contributed by atoms with Crippen molar-refractivity contribution < 1.29 is 9.72 Å². The number of carbonyl (C=O) groups excluding carboxylic acids is 1. The smallest absolute Gasteiger partial charge is 0.284 e. The summed E-state index contributed by atoms with van der Waals surface area (Å²) in [5, 5.41) is 20.2. The van der Waals surface area contributed by atoms with Crippen molar-refractivity contribution in [2.24, 2.45) is 0 Å². The van der Waals surface area contributed by atoms with Gasteiger partial charge in [0.15, 0.2) is 0 Å². The summed E-state index contributed by atoms with van der Waals surface area (Å²) in [6, 6.07) is 13.2. The maximum absolute atomic E-state index is 12.4. The van der Waals surface area contributed by atoms with Crippen molar-refractivity contribution in [3.8, 4) is 6.07 Å². The fourth-order valence-electron chi connectivity index (χ4n) is 2.02. The van der Waals surface area contributed by atoms with E-state index in [-0.39, 0.29) is 11.3 Å². The molecule has 0 aliphatic rings. The molecule has 0 saturated carbocycles. The van der Waals surface area contributed by atoms with E-state index >= 15 is 0 Å². The molecule has 6 heteroatoms. The topological polar surface area (TPSA) is 84.0 Å². The quantitative estimate of drug-likeness (QED) is 0.261. The minimum atomic E-state index is -0.532. The SMILES string of the molecule is Cc1cccc(C(=O)/C(C#N)=C/c2ccc(Br)c([N+](=O)[O-])c2)c1. The first-order valence-electron chi connectivity index (χ1n) is 6.59. The Hall–Kier alpha value is -2.78. The molecule has 0 bridgehead atoms. The Kier molecular flexibility index (Phi) is 5.04. The number of nitriles is 1. The van der Waals surface area contributed by atoms with Crippen molar-refractivity contribution in [3.63, 3.8) is 0 Å². The normalized spacial score (nSPS) is 10.9. The van der Waals surface area contributed by atoms with Crippen LogP contribution in [0, 0.1) is 28.4 Å². The summed E-state index contributed by atoms with van der Waals surface area (Å²) < 4.78 is 0.336. The van der Waals surface area contributed by atoms with Crippen LogP contribution in [-0.4, -0.2) is 10.7 Å². The molecule has 0 amide bonds. The van der Waals surface area contributed by atoms with Crippen LogP contribution in [0.2, 0.25) is 0 Å². The fraction of sp³-hybridized carbons (Fsp3) is 0.0588. The highest BCUT2D eigenvalue weighted by Gasteiger charge is 2.15. The highest BCUT2D eigenvalue weighted by molar-refractivity contribution is 9.10. The maximum Gasteiger partial charge on any atom is 0.284 e. The lowest BCUT2D eigenvalue weighted by Crippen LogP contribution is -2.02. The van der Waals surface area contributed by atoms with E-state index in [1.807, 2.05) is 19.1 Å². The van der Waals surface area contributed by atoms with Crippen LogP contribution in [0.3, 0.4) is 0 Å². The summed E-state index contributed by atoms with van der Waals surface area (Å²) in [5.41, 5.74) is 1.53. The van der Waals surface area contributed by atoms with Gasteiger partial charge in [-0.15, -0.1) is 0 Å². The highest BCUT2D eigenvalue weighted by Crippen LogP contribution is 2.26. The van der Waals surface area contributed by atoms with Gasteiger partial charge in [0.2, 0.25) is 5.78 Å². The molecule has 2 aromatic rings. The predicted molar refractivity (Wildman–Crippen MR) is 89.9 cm³/mol. The highest BCUT2D eigenvalue weighted by atomic mass is 79.9. The third-order valence-corrected chi connectivity index (χ3v) is 3.79. The molecule has 0 saturated heterocycles. The molecule has 0 fully saturated rings. The molecule has 114 valence electrons. The van der Waals surface area contributed by atoms with Crippen LogP contribution in [0.15, 0.2) is 52.5 Å². The Balaban J connectivity index is 2.43. The van der Waals surface area contributed by atoms with Gasteiger partial charge in [-0.2, -0.15) is 5.26 Å². The number of aryl methyl sites for hydroxylation is 1. The number of ketones is 1. The van der Waals surface area contributed by atoms with Crippen LogP contribution in [0.4, 0.5) is 5.69 Å². The van der Waals surface area contributed by atoms with Crippen LogP contribution >= 0.6 is 15.9 Å². The summed E-state index contributed by atoms with van der Waals surface area (Å²) in [6.07, 6.45) is 1.35. The van der Waals surface area contributed by atoms with Gasteiger partial charge in [0.1, 0.15) is 11.6 Å². The summed E-state index contributed by atoms with van der Waals surface area (Å²) in [5.74, 6) is -0.415. The number of nitro benzene ring substituents is 1. The van der Waals surface area contributed by atoms with Crippen LogP contribution in [-0.2, 0) is 0 Å². The molecule has 0 unspecified atom stereocenters. The van der Waals surface area contributed by atoms with E-state index in [4.69, 9.17) is 0 Å². The molecule has 5 nitrogen and oxygen atoms in total. The number of nitro groups is 1.